The van der Waals surface area contributed by atoms with E-state index in [-0.39, 0.29) is 11.9 Å². The Morgan fingerprint density at radius 1 is 1.31 bits per heavy atom. The highest BCUT2D eigenvalue weighted by atomic mass is 16.3. The monoisotopic (exact) mass is 218 g/mol. The van der Waals surface area contributed by atoms with Crippen molar-refractivity contribution in [2.75, 3.05) is 7.05 Å². The van der Waals surface area contributed by atoms with Crippen LogP contribution in [0, 0.1) is 0 Å². The van der Waals surface area contributed by atoms with Crippen LogP contribution in [0.1, 0.15) is 11.1 Å². The molecule has 3 rings (SSSR count). The lowest BCUT2D eigenvalue weighted by atomic mass is 9.95. The minimum absolute atomic E-state index is 0.0157. The van der Waals surface area contributed by atoms with Crippen molar-refractivity contribution in [3.05, 3.63) is 35.4 Å². The van der Waals surface area contributed by atoms with Gasteiger partial charge in [-0.2, -0.15) is 0 Å². The molecule has 84 valence electrons. The van der Waals surface area contributed by atoms with Gasteiger partial charge in [0.1, 0.15) is 0 Å². The molecule has 2 aliphatic rings. The molecular weight excluding hydrogens is 204 g/mol. The van der Waals surface area contributed by atoms with Crippen molar-refractivity contribution in [3.63, 3.8) is 0 Å². The number of carbonyl (C=O) groups is 1. The summed E-state index contributed by atoms with van der Waals surface area (Å²) in [5, 5.41) is 9.92. The summed E-state index contributed by atoms with van der Waals surface area (Å²) in [6.07, 6.45) is -0.0676. The fraction of sp³-hybridized carbons (Fsp3) is 0.417. The molecule has 0 radical (unpaired) electrons. The summed E-state index contributed by atoms with van der Waals surface area (Å²) in [7, 11) is 1.65. The molecule has 0 aromatic heterocycles. The molecule has 1 aromatic rings. The lowest BCUT2D eigenvalue weighted by Crippen LogP contribution is -2.42. The summed E-state index contributed by atoms with van der Waals surface area (Å²) >= 11 is 0. The van der Waals surface area contributed by atoms with E-state index in [4.69, 9.17) is 0 Å². The van der Waals surface area contributed by atoms with Gasteiger partial charge in [0.25, 0.3) is 0 Å². The number of rotatable bonds is 0. The van der Waals surface area contributed by atoms with Crippen molar-refractivity contribution in [2.45, 2.75) is 25.4 Å². The van der Waals surface area contributed by atoms with E-state index < -0.39 is 6.35 Å². The molecule has 2 atom stereocenters. The minimum Gasteiger partial charge on any atom is -0.361 e. The van der Waals surface area contributed by atoms with Gasteiger partial charge in [-0.05, 0) is 17.5 Å². The number of nitrogens with zero attached hydrogens (tertiary/aromatic N) is 2. The van der Waals surface area contributed by atoms with Crippen LogP contribution < -0.4 is 0 Å². The summed E-state index contributed by atoms with van der Waals surface area (Å²) < 4.78 is 0. The summed E-state index contributed by atoms with van der Waals surface area (Å²) in [6.45, 7) is 0.651. The van der Waals surface area contributed by atoms with Crippen LogP contribution in [-0.4, -0.2) is 40.3 Å². The van der Waals surface area contributed by atoms with Gasteiger partial charge in [-0.1, -0.05) is 24.3 Å². The van der Waals surface area contributed by atoms with Gasteiger partial charge in [-0.15, -0.1) is 0 Å². The number of fused-ring (bicyclic) bond motifs is 2. The summed E-state index contributed by atoms with van der Waals surface area (Å²) in [5.74, 6) is 0.0157. The summed E-state index contributed by atoms with van der Waals surface area (Å²) in [5.41, 5.74) is 2.43. The summed E-state index contributed by atoms with van der Waals surface area (Å²) in [4.78, 5) is 15.1. The van der Waals surface area contributed by atoms with Gasteiger partial charge >= 0.3 is 0 Å². The van der Waals surface area contributed by atoms with Gasteiger partial charge in [0, 0.05) is 13.6 Å². The molecule has 1 amide bonds. The highest BCUT2D eigenvalue weighted by Crippen LogP contribution is 2.30. The zero-order valence-corrected chi connectivity index (χ0v) is 9.13. The zero-order valence-electron chi connectivity index (χ0n) is 9.13. The molecule has 16 heavy (non-hydrogen) atoms. The van der Waals surface area contributed by atoms with E-state index in [1.165, 1.54) is 16.0 Å². The Morgan fingerprint density at radius 3 is 2.75 bits per heavy atom. The number of amides is 1. The molecule has 0 bridgehead atoms. The number of hydrogen-bond acceptors (Lipinski definition) is 3. The first kappa shape index (κ1) is 9.81. The molecule has 1 saturated heterocycles. The maximum absolute atomic E-state index is 11.9. The second kappa shape index (κ2) is 3.30. The Labute approximate surface area is 94.1 Å². The molecule has 2 heterocycles. The van der Waals surface area contributed by atoms with E-state index in [0.717, 1.165) is 0 Å². The van der Waals surface area contributed by atoms with E-state index in [1.54, 1.807) is 7.05 Å². The maximum atomic E-state index is 11.9. The topological polar surface area (TPSA) is 43.8 Å². The SMILES string of the molecule is CN1C(=O)C2Cc3ccccc3CN2C1O. The van der Waals surface area contributed by atoms with Crippen LogP contribution in [0.25, 0.3) is 0 Å². The Hall–Kier alpha value is -1.39. The molecule has 1 aromatic carbocycles. The number of hydrogen-bond donors (Lipinski definition) is 1. The smallest absolute Gasteiger partial charge is 0.243 e. The lowest BCUT2D eigenvalue weighted by Gasteiger charge is -2.30. The normalized spacial score (nSPS) is 29.1. The number of benzene rings is 1. The van der Waals surface area contributed by atoms with Crippen LogP contribution in [0.5, 0.6) is 0 Å². The third-order valence-electron chi connectivity index (χ3n) is 3.56. The number of likely N-dealkylation sites (N-methyl/N-ethyl adjacent to an activating group) is 1. The first-order valence-corrected chi connectivity index (χ1v) is 5.46. The molecule has 1 N–H and O–H groups in total. The first-order valence-electron chi connectivity index (χ1n) is 5.46. The fourth-order valence-electron chi connectivity index (χ4n) is 2.59. The number of aliphatic hydroxyl groups is 1. The van der Waals surface area contributed by atoms with Gasteiger partial charge in [0.2, 0.25) is 5.91 Å². The van der Waals surface area contributed by atoms with Gasteiger partial charge in [0.05, 0.1) is 6.04 Å². The van der Waals surface area contributed by atoms with Crippen LogP contribution in [0.15, 0.2) is 24.3 Å². The average Bonchev–Trinajstić information content (AvgIpc) is 2.52. The van der Waals surface area contributed by atoms with Crippen molar-refractivity contribution in [2.24, 2.45) is 0 Å². The quantitative estimate of drug-likeness (QED) is 0.674. The van der Waals surface area contributed by atoms with Crippen LogP contribution in [0.3, 0.4) is 0 Å². The molecule has 4 nitrogen and oxygen atoms in total. The lowest BCUT2D eigenvalue weighted by molar-refractivity contribution is -0.132. The molecule has 0 spiro atoms. The van der Waals surface area contributed by atoms with Gasteiger partial charge < -0.3 is 10.0 Å². The second-order valence-corrected chi connectivity index (χ2v) is 4.46. The molecule has 0 aliphatic carbocycles. The average molecular weight is 218 g/mol. The Morgan fingerprint density at radius 2 is 2.00 bits per heavy atom. The fourth-order valence-corrected chi connectivity index (χ4v) is 2.59. The van der Waals surface area contributed by atoms with Crippen molar-refractivity contribution >= 4 is 5.91 Å². The first-order chi connectivity index (χ1) is 7.68. The highest BCUT2D eigenvalue weighted by Gasteiger charge is 2.45. The minimum atomic E-state index is -0.772. The van der Waals surface area contributed by atoms with Gasteiger partial charge in [-0.25, -0.2) is 4.90 Å². The van der Waals surface area contributed by atoms with Gasteiger partial charge in [-0.3, -0.25) is 4.79 Å². The molecule has 1 fully saturated rings. The van der Waals surface area contributed by atoms with Crippen molar-refractivity contribution in [1.29, 1.82) is 0 Å². The van der Waals surface area contributed by atoms with Crippen LogP contribution in [0.4, 0.5) is 0 Å². The van der Waals surface area contributed by atoms with E-state index in [1.807, 2.05) is 17.0 Å². The predicted octanol–water partition coefficient (Wildman–Crippen LogP) is 0.161. The van der Waals surface area contributed by atoms with E-state index in [9.17, 15) is 9.90 Å². The van der Waals surface area contributed by atoms with E-state index >= 15 is 0 Å². The zero-order chi connectivity index (χ0) is 11.3. The van der Waals surface area contributed by atoms with Crippen LogP contribution >= 0.6 is 0 Å². The molecular formula is C12H14N2O2. The van der Waals surface area contributed by atoms with E-state index in [2.05, 4.69) is 12.1 Å². The third kappa shape index (κ3) is 1.20. The van der Waals surface area contributed by atoms with Crippen molar-refractivity contribution in [1.82, 2.24) is 9.80 Å². The molecule has 0 saturated carbocycles. The highest BCUT2D eigenvalue weighted by molar-refractivity contribution is 5.84. The Kier molecular flexibility index (Phi) is 2.02. The standard InChI is InChI=1S/C12H14N2O2/c1-13-11(15)10-6-8-4-2-3-5-9(8)7-14(10)12(13)16/h2-5,10,12,16H,6-7H2,1H3. The molecule has 4 heteroatoms. The van der Waals surface area contributed by atoms with Crippen molar-refractivity contribution in [3.8, 4) is 0 Å². The Bertz CT molecular complexity index is 446. The predicted molar refractivity (Wildman–Crippen MR) is 58.3 cm³/mol. The largest absolute Gasteiger partial charge is 0.361 e. The number of aliphatic hydroxyl groups excluding tert-OH is 1. The second-order valence-electron chi connectivity index (χ2n) is 4.46. The third-order valence-corrected chi connectivity index (χ3v) is 3.56. The van der Waals surface area contributed by atoms with E-state index in [0.29, 0.717) is 13.0 Å². The van der Waals surface area contributed by atoms with Crippen LogP contribution in [0.2, 0.25) is 0 Å². The summed E-state index contributed by atoms with van der Waals surface area (Å²) in [6, 6.07) is 7.92. The van der Waals surface area contributed by atoms with Gasteiger partial charge in [0.15, 0.2) is 6.35 Å². The maximum Gasteiger partial charge on any atom is 0.243 e. The Balaban J connectivity index is 1.99. The van der Waals surface area contributed by atoms with Crippen molar-refractivity contribution < 1.29 is 9.90 Å². The molecule has 2 unspecified atom stereocenters. The molecule has 2 aliphatic heterocycles. The van der Waals surface area contributed by atoms with Crippen LogP contribution in [-0.2, 0) is 17.8 Å². The number of carbonyl (C=O) groups excluding carboxylic acids is 1.